The summed E-state index contributed by atoms with van der Waals surface area (Å²) in [7, 11) is 0. The molecule has 26 heavy (non-hydrogen) atoms. The summed E-state index contributed by atoms with van der Waals surface area (Å²) in [4.78, 5) is 24.3. The number of carbonyl (C=O) groups excluding carboxylic acids is 2. The fraction of sp³-hybridized carbons (Fsp3) is 0.300. The number of hydrogen-bond donors (Lipinski definition) is 3. The molecular weight excluding hydrogens is 330 g/mol. The molecule has 0 radical (unpaired) electrons. The smallest absolute Gasteiger partial charge is 0.251 e. The van der Waals surface area contributed by atoms with E-state index in [4.69, 9.17) is 4.74 Å². The molecule has 2 aromatic rings. The van der Waals surface area contributed by atoms with E-state index in [1.54, 1.807) is 24.3 Å². The molecule has 2 aromatic carbocycles. The molecule has 0 saturated heterocycles. The van der Waals surface area contributed by atoms with E-state index in [9.17, 15) is 9.59 Å². The Labute approximate surface area is 152 Å². The van der Waals surface area contributed by atoms with Gasteiger partial charge in [0.2, 0.25) is 5.91 Å². The zero-order chi connectivity index (χ0) is 18.4. The number of benzene rings is 2. The maximum absolute atomic E-state index is 12.2. The summed E-state index contributed by atoms with van der Waals surface area (Å²) in [6.45, 7) is 2.57. The van der Waals surface area contributed by atoms with E-state index in [1.165, 1.54) is 0 Å². The molecule has 136 valence electrons. The summed E-state index contributed by atoms with van der Waals surface area (Å²) in [6, 6.07) is 14.7. The zero-order valence-corrected chi connectivity index (χ0v) is 14.7. The van der Waals surface area contributed by atoms with Crippen LogP contribution in [-0.2, 0) is 4.79 Å². The summed E-state index contributed by atoms with van der Waals surface area (Å²) in [5.74, 6) is 0.407. The highest BCUT2D eigenvalue weighted by molar-refractivity contribution is 5.98. The molecule has 0 unspecified atom stereocenters. The standard InChI is InChI=1S/C20H23N3O3/c1-2-26-18-9-4-3-8-17(18)21-13-19(24)22-16-7-5-6-14(12-16)20(25)23-15-10-11-15/h3-9,12,15,21H,2,10-11,13H2,1H3,(H,22,24)(H,23,25). The predicted molar refractivity (Wildman–Crippen MR) is 102 cm³/mol. The molecule has 1 aliphatic rings. The Bertz CT molecular complexity index is 787. The van der Waals surface area contributed by atoms with E-state index in [2.05, 4.69) is 16.0 Å². The lowest BCUT2D eigenvalue weighted by Gasteiger charge is -2.12. The minimum Gasteiger partial charge on any atom is -0.492 e. The van der Waals surface area contributed by atoms with Crippen LogP contribution in [0.4, 0.5) is 11.4 Å². The van der Waals surface area contributed by atoms with Gasteiger partial charge < -0.3 is 20.7 Å². The van der Waals surface area contributed by atoms with Crippen molar-refractivity contribution in [3.8, 4) is 5.75 Å². The quantitative estimate of drug-likeness (QED) is 0.681. The van der Waals surface area contributed by atoms with Crippen molar-refractivity contribution in [1.82, 2.24) is 5.32 Å². The second-order valence-electron chi connectivity index (χ2n) is 6.16. The minimum absolute atomic E-state index is 0.0998. The van der Waals surface area contributed by atoms with Gasteiger partial charge in [-0.1, -0.05) is 18.2 Å². The van der Waals surface area contributed by atoms with Crippen LogP contribution in [0.25, 0.3) is 0 Å². The van der Waals surface area contributed by atoms with Gasteiger partial charge in [0.05, 0.1) is 18.8 Å². The van der Waals surface area contributed by atoms with E-state index in [0.717, 1.165) is 18.5 Å². The first-order valence-corrected chi connectivity index (χ1v) is 8.82. The molecule has 1 fully saturated rings. The van der Waals surface area contributed by atoms with Gasteiger partial charge in [-0.05, 0) is 50.1 Å². The molecule has 6 heteroatoms. The monoisotopic (exact) mass is 353 g/mol. The van der Waals surface area contributed by atoms with Crippen LogP contribution in [0.1, 0.15) is 30.1 Å². The van der Waals surface area contributed by atoms with Gasteiger partial charge in [-0.25, -0.2) is 0 Å². The number of amides is 2. The zero-order valence-electron chi connectivity index (χ0n) is 14.7. The first-order valence-electron chi connectivity index (χ1n) is 8.82. The van der Waals surface area contributed by atoms with E-state index in [-0.39, 0.29) is 18.4 Å². The molecule has 0 heterocycles. The number of carbonyl (C=O) groups is 2. The van der Waals surface area contributed by atoms with Crippen molar-refractivity contribution in [2.45, 2.75) is 25.8 Å². The number of para-hydroxylation sites is 2. The molecule has 3 rings (SSSR count). The van der Waals surface area contributed by atoms with E-state index >= 15 is 0 Å². The highest BCUT2D eigenvalue weighted by Gasteiger charge is 2.23. The number of nitrogens with one attached hydrogen (secondary N) is 3. The van der Waals surface area contributed by atoms with Gasteiger partial charge in [0.1, 0.15) is 5.75 Å². The van der Waals surface area contributed by atoms with Crippen molar-refractivity contribution in [3.63, 3.8) is 0 Å². The molecule has 2 amide bonds. The Morgan fingerprint density at radius 3 is 2.69 bits per heavy atom. The van der Waals surface area contributed by atoms with Crippen molar-refractivity contribution in [2.24, 2.45) is 0 Å². The summed E-state index contributed by atoms with van der Waals surface area (Å²) >= 11 is 0. The summed E-state index contributed by atoms with van der Waals surface area (Å²) in [5.41, 5.74) is 1.91. The van der Waals surface area contributed by atoms with Crippen LogP contribution in [-0.4, -0.2) is 31.0 Å². The molecule has 0 atom stereocenters. The molecular formula is C20H23N3O3. The van der Waals surface area contributed by atoms with Gasteiger partial charge in [-0.3, -0.25) is 9.59 Å². The van der Waals surface area contributed by atoms with Crippen LogP contribution >= 0.6 is 0 Å². The van der Waals surface area contributed by atoms with E-state index < -0.39 is 0 Å². The van der Waals surface area contributed by atoms with Crippen LogP contribution in [0.15, 0.2) is 48.5 Å². The number of hydrogen-bond acceptors (Lipinski definition) is 4. The van der Waals surface area contributed by atoms with Crippen molar-refractivity contribution < 1.29 is 14.3 Å². The molecule has 1 saturated carbocycles. The van der Waals surface area contributed by atoms with E-state index in [0.29, 0.717) is 29.6 Å². The Morgan fingerprint density at radius 2 is 1.92 bits per heavy atom. The van der Waals surface area contributed by atoms with Gasteiger partial charge in [-0.15, -0.1) is 0 Å². The molecule has 0 aliphatic heterocycles. The van der Waals surface area contributed by atoms with Gasteiger partial charge in [0, 0.05) is 17.3 Å². The molecule has 3 N–H and O–H groups in total. The highest BCUT2D eigenvalue weighted by Crippen LogP contribution is 2.23. The van der Waals surface area contributed by atoms with Crippen LogP contribution in [0, 0.1) is 0 Å². The third-order valence-corrected chi connectivity index (χ3v) is 3.95. The molecule has 0 spiro atoms. The lowest BCUT2D eigenvalue weighted by atomic mass is 10.2. The Balaban J connectivity index is 1.55. The third-order valence-electron chi connectivity index (χ3n) is 3.95. The predicted octanol–water partition coefficient (Wildman–Crippen LogP) is 3.03. The summed E-state index contributed by atoms with van der Waals surface area (Å²) < 4.78 is 5.53. The van der Waals surface area contributed by atoms with Gasteiger partial charge >= 0.3 is 0 Å². The Hall–Kier alpha value is -3.02. The second-order valence-corrected chi connectivity index (χ2v) is 6.16. The van der Waals surface area contributed by atoms with Gasteiger partial charge in [0.15, 0.2) is 0 Å². The van der Waals surface area contributed by atoms with Crippen LogP contribution in [0.3, 0.4) is 0 Å². The number of ether oxygens (including phenoxy) is 1. The molecule has 0 aromatic heterocycles. The van der Waals surface area contributed by atoms with Crippen LogP contribution < -0.4 is 20.7 Å². The Kier molecular flexibility index (Phi) is 5.73. The maximum atomic E-state index is 12.2. The average molecular weight is 353 g/mol. The summed E-state index contributed by atoms with van der Waals surface area (Å²) in [5, 5.41) is 8.82. The minimum atomic E-state index is -0.198. The first kappa shape index (κ1) is 17.8. The molecule has 6 nitrogen and oxygen atoms in total. The molecule has 0 bridgehead atoms. The SMILES string of the molecule is CCOc1ccccc1NCC(=O)Nc1cccc(C(=O)NC2CC2)c1. The number of anilines is 2. The van der Waals surface area contributed by atoms with Crippen molar-refractivity contribution in [1.29, 1.82) is 0 Å². The number of rotatable bonds is 8. The van der Waals surface area contributed by atoms with E-state index in [1.807, 2.05) is 31.2 Å². The van der Waals surface area contributed by atoms with Crippen LogP contribution in [0.2, 0.25) is 0 Å². The largest absolute Gasteiger partial charge is 0.492 e. The van der Waals surface area contributed by atoms with Gasteiger partial charge in [0.25, 0.3) is 5.91 Å². The summed E-state index contributed by atoms with van der Waals surface area (Å²) in [6.07, 6.45) is 2.08. The first-order chi connectivity index (χ1) is 12.7. The molecule has 1 aliphatic carbocycles. The van der Waals surface area contributed by atoms with Crippen molar-refractivity contribution >= 4 is 23.2 Å². The van der Waals surface area contributed by atoms with Crippen molar-refractivity contribution in [3.05, 3.63) is 54.1 Å². The maximum Gasteiger partial charge on any atom is 0.251 e. The normalized spacial score (nSPS) is 13.0. The fourth-order valence-corrected chi connectivity index (χ4v) is 2.51. The van der Waals surface area contributed by atoms with Crippen molar-refractivity contribution in [2.75, 3.05) is 23.8 Å². The van der Waals surface area contributed by atoms with Crippen LogP contribution in [0.5, 0.6) is 5.75 Å². The Morgan fingerprint density at radius 1 is 1.12 bits per heavy atom. The lowest BCUT2D eigenvalue weighted by molar-refractivity contribution is -0.114. The topological polar surface area (TPSA) is 79.5 Å². The fourth-order valence-electron chi connectivity index (χ4n) is 2.51. The van der Waals surface area contributed by atoms with Gasteiger partial charge in [-0.2, -0.15) is 0 Å². The lowest BCUT2D eigenvalue weighted by Crippen LogP contribution is -2.26. The average Bonchev–Trinajstić information content (AvgIpc) is 3.45. The highest BCUT2D eigenvalue weighted by atomic mass is 16.5. The third kappa shape index (κ3) is 4.99. The second kappa shape index (κ2) is 8.38.